The lowest BCUT2D eigenvalue weighted by atomic mass is 10.2. The quantitative estimate of drug-likeness (QED) is 0.768. The van der Waals surface area contributed by atoms with E-state index in [1.165, 1.54) is 6.33 Å². The predicted octanol–water partition coefficient (Wildman–Crippen LogP) is 1.54. The molecule has 0 saturated heterocycles. The normalized spacial score (nSPS) is 12.5. The SMILES string of the molecule is COCC(C)CNc1ncnc(OC(C)C)c1N. The number of aromatic nitrogens is 2. The van der Waals surface area contributed by atoms with E-state index < -0.39 is 0 Å². The molecule has 1 rings (SSSR count). The molecule has 1 atom stereocenters. The van der Waals surface area contributed by atoms with E-state index in [1.54, 1.807) is 7.11 Å². The van der Waals surface area contributed by atoms with Gasteiger partial charge in [-0.15, -0.1) is 0 Å². The molecule has 102 valence electrons. The Bertz CT molecular complexity index is 371. The second kappa shape index (κ2) is 7.00. The van der Waals surface area contributed by atoms with Crippen molar-refractivity contribution in [3.8, 4) is 5.88 Å². The molecule has 0 aliphatic rings. The van der Waals surface area contributed by atoms with Gasteiger partial charge in [0.1, 0.15) is 12.0 Å². The minimum atomic E-state index is 0.0301. The van der Waals surface area contributed by atoms with Crippen molar-refractivity contribution in [1.29, 1.82) is 0 Å². The second-order valence-electron chi connectivity index (χ2n) is 4.55. The largest absolute Gasteiger partial charge is 0.473 e. The number of hydrogen-bond donors (Lipinski definition) is 2. The van der Waals surface area contributed by atoms with Crippen LogP contribution in [0.4, 0.5) is 11.5 Å². The summed E-state index contributed by atoms with van der Waals surface area (Å²) in [6.45, 7) is 7.35. The summed E-state index contributed by atoms with van der Waals surface area (Å²) in [7, 11) is 1.68. The highest BCUT2D eigenvalue weighted by molar-refractivity contribution is 5.66. The molecule has 0 fully saturated rings. The number of methoxy groups -OCH3 is 1. The minimum Gasteiger partial charge on any atom is -0.473 e. The third kappa shape index (κ3) is 4.37. The van der Waals surface area contributed by atoms with Crippen molar-refractivity contribution < 1.29 is 9.47 Å². The van der Waals surface area contributed by atoms with Gasteiger partial charge < -0.3 is 20.5 Å². The Labute approximate surface area is 108 Å². The zero-order valence-corrected chi connectivity index (χ0v) is 11.4. The summed E-state index contributed by atoms with van der Waals surface area (Å²) in [4.78, 5) is 8.13. The highest BCUT2D eigenvalue weighted by Crippen LogP contribution is 2.25. The molecule has 0 saturated carbocycles. The van der Waals surface area contributed by atoms with E-state index >= 15 is 0 Å². The summed E-state index contributed by atoms with van der Waals surface area (Å²) in [6, 6.07) is 0. The third-order valence-corrected chi connectivity index (χ3v) is 2.26. The molecule has 3 N–H and O–H groups in total. The van der Waals surface area contributed by atoms with Gasteiger partial charge in [0.2, 0.25) is 5.88 Å². The summed E-state index contributed by atoms with van der Waals surface area (Å²) >= 11 is 0. The fourth-order valence-electron chi connectivity index (χ4n) is 1.45. The Kier molecular flexibility index (Phi) is 5.64. The van der Waals surface area contributed by atoms with E-state index in [9.17, 15) is 0 Å². The summed E-state index contributed by atoms with van der Waals surface area (Å²) in [5.41, 5.74) is 6.39. The molecule has 0 bridgehead atoms. The molecule has 1 aromatic heterocycles. The first-order valence-electron chi connectivity index (χ1n) is 6.04. The summed E-state index contributed by atoms with van der Waals surface area (Å²) < 4.78 is 10.6. The number of nitrogen functional groups attached to an aromatic ring is 1. The molecule has 1 unspecified atom stereocenters. The maximum Gasteiger partial charge on any atom is 0.242 e. The fourth-order valence-corrected chi connectivity index (χ4v) is 1.45. The standard InChI is InChI=1S/C12H22N4O2/c1-8(2)18-12-10(13)11(15-7-16-12)14-5-9(3)6-17-4/h7-9H,5-6,13H2,1-4H3,(H,14,15,16). The van der Waals surface area contributed by atoms with E-state index in [-0.39, 0.29) is 6.10 Å². The molecule has 6 heteroatoms. The van der Waals surface area contributed by atoms with Gasteiger partial charge in [0.05, 0.1) is 12.7 Å². The van der Waals surface area contributed by atoms with Gasteiger partial charge in [-0.25, -0.2) is 4.98 Å². The van der Waals surface area contributed by atoms with Crippen LogP contribution in [0.2, 0.25) is 0 Å². The topological polar surface area (TPSA) is 82.3 Å². The molecule has 1 heterocycles. The summed E-state index contributed by atoms with van der Waals surface area (Å²) in [5, 5.41) is 3.18. The highest BCUT2D eigenvalue weighted by Gasteiger charge is 2.11. The van der Waals surface area contributed by atoms with E-state index in [4.69, 9.17) is 15.2 Å². The van der Waals surface area contributed by atoms with Crippen LogP contribution in [0.15, 0.2) is 6.33 Å². The van der Waals surface area contributed by atoms with E-state index in [1.807, 2.05) is 13.8 Å². The van der Waals surface area contributed by atoms with Crippen LogP contribution in [0.1, 0.15) is 20.8 Å². The van der Waals surface area contributed by atoms with Gasteiger partial charge in [0.15, 0.2) is 5.82 Å². The van der Waals surface area contributed by atoms with Crippen LogP contribution < -0.4 is 15.8 Å². The Balaban J connectivity index is 2.65. The average Bonchev–Trinajstić information content (AvgIpc) is 2.30. The van der Waals surface area contributed by atoms with Crippen molar-refractivity contribution in [2.24, 2.45) is 5.92 Å². The number of rotatable bonds is 7. The molecule has 18 heavy (non-hydrogen) atoms. The number of nitrogens with zero attached hydrogens (tertiary/aromatic N) is 2. The van der Waals surface area contributed by atoms with Gasteiger partial charge in [0, 0.05) is 13.7 Å². The smallest absolute Gasteiger partial charge is 0.242 e. The first kappa shape index (κ1) is 14.5. The molecule has 0 spiro atoms. The maximum atomic E-state index is 5.95. The highest BCUT2D eigenvalue weighted by atomic mass is 16.5. The van der Waals surface area contributed by atoms with Crippen molar-refractivity contribution in [2.45, 2.75) is 26.9 Å². The Morgan fingerprint density at radius 3 is 2.67 bits per heavy atom. The van der Waals surface area contributed by atoms with Gasteiger partial charge in [-0.2, -0.15) is 4.98 Å². The van der Waals surface area contributed by atoms with Crippen LogP contribution in [-0.2, 0) is 4.74 Å². The van der Waals surface area contributed by atoms with Crippen molar-refractivity contribution in [1.82, 2.24) is 9.97 Å². The zero-order valence-electron chi connectivity index (χ0n) is 11.4. The Morgan fingerprint density at radius 1 is 1.33 bits per heavy atom. The van der Waals surface area contributed by atoms with Crippen molar-refractivity contribution in [3.05, 3.63) is 6.33 Å². The van der Waals surface area contributed by atoms with Crippen LogP contribution >= 0.6 is 0 Å². The first-order chi connectivity index (χ1) is 8.54. The Morgan fingerprint density at radius 2 is 2.06 bits per heavy atom. The van der Waals surface area contributed by atoms with E-state index in [0.717, 1.165) is 6.54 Å². The number of nitrogens with one attached hydrogen (secondary N) is 1. The van der Waals surface area contributed by atoms with Crippen LogP contribution in [0, 0.1) is 5.92 Å². The number of anilines is 2. The molecule has 0 aromatic carbocycles. The first-order valence-corrected chi connectivity index (χ1v) is 6.04. The van der Waals surface area contributed by atoms with E-state index in [0.29, 0.717) is 29.9 Å². The maximum absolute atomic E-state index is 5.95. The van der Waals surface area contributed by atoms with Gasteiger partial charge in [-0.1, -0.05) is 6.92 Å². The number of ether oxygens (including phenoxy) is 2. The van der Waals surface area contributed by atoms with Crippen LogP contribution in [0.5, 0.6) is 5.88 Å². The van der Waals surface area contributed by atoms with Crippen LogP contribution in [0.25, 0.3) is 0 Å². The van der Waals surface area contributed by atoms with Gasteiger partial charge in [-0.05, 0) is 19.8 Å². The lowest BCUT2D eigenvalue weighted by Crippen LogP contribution is -2.18. The van der Waals surface area contributed by atoms with Crippen LogP contribution in [0.3, 0.4) is 0 Å². The molecular weight excluding hydrogens is 232 g/mol. The number of nitrogens with two attached hydrogens (primary N) is 1. The fraction of sp³-hybridized carbons (Fsp3) is 0.667. The monoisotopic (exact) mass is 254 g/mol. The van der Waals surface area contributed by atoms with Crippen LogP contribution in [-0.4, -0.2) is 36.3 Å². The molecule has 0 aliphatic carbocycles. The summed E-state index contributed by atoms with van der Waals surface area (Å²) in [6.07, 6.45) is 1.47. The Hall–Kier alpha value is -1.56. The van der Waals surface area contributed by atoms with Crippen molar-refractivity contribution in [2.75, 3.05) is 31.3 Å². The lowest BCUT2D eigenvalue weighted by Gasteiger charge is -2.15. The van der Waals surface area contributed by atoms with E-state index in [2.05, 4.69) is 22.2 Å². The zero-order chi connectivity index (χ0) is 13.5. The molecular formula is C12H22N4O2. The van der Waals surface area contributed by atoms with Crippen molar-refractivity contribution in [3.63, 3.8) is 0 Å². The molecule has 0 aliphatic heterocycles. The second-order valence-corrected chi connectivity index (χ2v) is 4.55. The molecule has 6 nitrogen and oxygen atoms in total. The molecule has 0 amide bonds. The molecule has 0 radical (unpaired) electrons. The van der Waals surface area contributed by atoms with Crippen molar-refractivity contribution >= 4 is 11.5 Å². The summed E-state index contributed by atoms with van der Waals surface area (Å²) in [5.74, 6) is 1.39. The molecule has 1 aromatic rings. The number of hydrogen-bond acceptors (Lipinski definition) is 6. The predicted molar refractivity (Wildman–Crippen MR) is 71.7 cm³/mol. The van der Waals surface area contributed by atoms with Gasteiger partial charge in [0.25, 0.3) is 0 Å². The van der Waals surface area contributed by atoms with Gasteiger partial charge in [-0.3, -0.25) is 0 Å². The van der Waals surface area contributed by atoms with Gasteiger partial charge >= 0.3 is 0 Å². The average molecular weight is 254 g/mol. The lowest BCUT2D eigenvalue weighted by molar-refractivity contribution is 0.164. The third-order valence-electron chi connectivity index (χ3n) is 2.26. The minimum absolute atomic E-state index is 0.0301.